The monoisotopic (exact) mass is 443 g/mol. The fourth-order valence-corrected chi connectivity index (χ4v) is 4.25. The molecule has 30 heavy (non-hydrogen) atoms. The van der Waals surface area contributed by atoms with Crippen molar-refractivity contribution in [2.24, 2.45) is 0 Å². The minimum atomic E-state index is -0.0994. The van der Waals surface area contributed by atoms with Gasteiger partial charge in [0.1, 0.15) is 0 Å². The van der Waals surface area contributed by atoms with Gasteiger partial charge in [-0.3, -0.25) is 14.2 Å². The minimum Gasteiger partial charge on any atom is -0.353 e. The summed E-state index contributed by atoms with van der Waals surface area (Å²) in [6.07, 6.45) is 2.59. The van der Waals surface area contributed by atoms with E-state index in [1.807, 2.05) is 32.0 Å². The number of nitrogens with one attached hydrogen (secondary N) is 1. The molecule has 1 aromatic heterocycles. The highest BCUT2D eigenvalue weighted by molar-refractivity contribution is 7.99. The average molecular weight is 444 g/mol. The molecule has 5 nitrogen and oxygen atoms in total. The lowest BCUT2D eigenvalue weighted by molar-refractivity contribution is -0.119. The molecular weight excluding hydrogens is 418 g/mol. The Hall–Kier alpha value is -2.31. The fourth-order valence-electron chi connectivity index (χ4n) is 3.25. The second-order valence-electron chi connectivity index (χ2n) is 7.29. The first-order chi connectivity index (χ1) is 14.5. The number of amides is 1. The largest absolute Gasteiger partial charge is 0.353 e. The summed E-state index contributed by atoms with van der Waals surface area (Å²) in [6, 6.07) is 15.4. The molecule has 1 unspecified atom stereocenters. The van der Waals surface area contributed by atoms with Crippen molar-refractivity contribution in [2.75, 3.05) is 5.75 Å². The van der Waals surface area contributed by atoms with E-state index in [0.717, 1.165) is 19.3 Å². The van der Waals surface area contributed by atoms with Crippen molar-refractivity contribution in [3.05, 3.63) is 69.5 Å². The van der Waals surface area contributed by atoms with Gasteiger partial charge >= 0.3 is 0 Å². The van der Waals surface area contributed by atoms with Crippen LogP contribution < -0.4 is 10.9 Å². The van der Waals surface area contributed by atoms with Crippen LogP contribution in [0.5, 0.6) is 0 Å². The smallest absolute Gasteiger partial charge is 0.262 e. The summed E-state index contributed by atoms with van der Waals surface area (Å²) in [5.41, 5.74) is 1.72. The summed E-state index contributed by atoms with van der Waals surface area (Å²) in [5.74, 6) is 0.141. The molecule has 0 saturated heterocycles. The second kappa shape index (κ2) is 10.6. The number of aryl methyl sites for hydroxylation is 1. The number of nitrogens with zero attached hydrogens (tertiary/aromatic N) is 2. The van der Waals surface area contributed by atoms with Crippen molar-refractivity contribution in [3.8, 4) is 0 Å². The third-order valence-corrected chi connectivity index (χ3v) is 5.99. The van der Waals surface area contributed by atoms with Gasteiger partial charge in [0.25, 0.3) is 5.56 Å². The number of benzene rings is 2. The molecule has 3 aromatic rings. The standard InChI is InChI=1S/C23H26ClN3O2S/c1-3-13-27-22(29)19-12-11-18(24)14-20(19)26-23(27)30-15-21(28)25-16(2)9-10-17-7-5-4-6-8-17/h4-8,11-12,14,16H,3,9-10,13,15H2,1-2H3,(H,25,28). The predicted molar refractivity (Wildman–Crippen MR) is 124 cm³/mol. The maximum absolute atomic E-state index is 12.9. The summed E-state index contributed by atoms with van der Waals surface area (Å²) in [4.78, 5) is 29.9. The van der Waals surface area contributed by atoms with Crippen LogP contribution in [0.2, 0.25) is 5.02 Å². The van der Waals surface area contributed by atoms with E-state index in [-0.39, 0.29) is 23.3 Å². The Morgan fingerprint density at radius 3 is 2.73 bits per heavy atom. The molecule has 158 valence electrons. The average Bonchev–Trinajstić information content (AvgIpc) is 2.73. The normalized spacial score (nSPS) is 12.1. The maximum Gasteiger partial charge on any atom is 0.262 e. The maximum atomic E-state index is 12.9. The zero-order valence-corrected chi connectivity index (χ0v) is 18.8. The van der Waals surface area contributed by atoms with Crippen molar-refractivity contribution < 1.29 is 4.79 Å². The molecule has 0 radical (unpaired) electrons. The van der Waals surface area contributed by atoms with Gasteiger partial charge in [-0.1, -0.05) is 60.6 Å². The highest BCUT2D eigenvalue weighted by Crippen LogP contribution is 2.20. The number of halogens is 1. The Labute approximate surface area is 185 Å². The van der Waals surface area contributed by atoms with Crippen LogP contribution in [0.1, 0.15) is 32.3 Å². The number of aromatic nitrogens is 2. The van der Waals surface area contributed by atoms with Gasteiger partial charge in [0.05, 0.1) is 16.7 Å². The van der Waals surface area contributed by atoms with Crippen LogP contribution in [0.25, 0.3) is 10.9 Å². The van der Waals surface area contributed by atoms with E-state index in [0.29, 0.717) is 27.6 Å². The van der Waals surface area contributed by atoms with Crippen molar-refractivity contribution in [2.45, 2.75) is 50.9 Å². The summed E-state index contributed by atoms with van der Waals surface area (Å²) in [7, 11) is 0. The molecule has 0 aliphatic carbocycles. The molecule has 0 aliphatic rings. The first-order valence-electron chi connectivity index (χ1n) is 10.1. The Bertz CT molecular complexity index is 1070. The summed E-state index contributed by atoms with van der Waals surface area (Å²) >= 11 is 7.35. The Morgan fingerprint density at radius 2 is 2.00 bits per heavy atom. The van der Waals surface area contributed by atoms with Gasteiger partial charge < -0.3 is 5.32 Å². The minimum absolute atomic E-state index is 0.0657. The number of carbonyl (C=O) groups excluding carboxylic acids is 1. The van der Waals surface area contributed by atoms with Crippen molar-refractivity contribution in [1.82, 2.24) is 14.9 Å². The molecule has 0 saturated carbocycles. The van der Waals surface area contributed by atoms with E-state index in [1.54, 1.807) is 22.8 Å². The van der Waals surface area contributed by atoms with E-state index in [2.05, 4.69) is 22.4 Å². The van der Waals surface area contributed by atoms with Crippen LogP contribution in [0.3, 0.4) is 0 Å². The molecule has 0 bridgehead atoms. The number of thioether (sulfide) groups is 1. The Morgan fingerprint density at radius 1 is 1.23 bits per heavy atom. The summed E-state index contributed by atoms with van der Waals surface area (Å²) in [6.45, 7) is 4.57. The van der Waals surface area contributed by atoms with Crippen LogP contribution in [-0.2, 0) is 17.8 Å². The SMILES string of the molecule is CCCn1c(SCC(=O)NC(C)CCc2ccccc2)nc2cc(Cl)ccc2c1=O. The number of hydrogen-bond donors (Lipinski definition) is 1. The van der Waals surface area contributed by atoms with Crippen LogP contribution in [0, 0.1) is 0 Å². The number of rotatable bonds is 9. The predicted octanol–water partition coefficient (Wildman–Crippen LogP) is 4.69. The highest BCUT2D eigenvalue weighted by Gasteiger charge is 2.14. The lowest BCUT2D eigenvalue weighted by Gasteiger charge is -2.15. The third-order valence-electron chi connectivity index (χ3n) is 4.78. The molecule has 0 fully saturated rings. The van der Waals surface area contributed by atoms with Gasteiger partial charge in [0, 0.05) is 17.6 Å². The summed E-state index contributed by atoms with van der Waals surface area (Å²) in [5, 5.41) is 4.65. The van der Waals surface area contributed by atoms with E-state index in [9.17, 15) is 9.59 Å². The molecule has 0 aliphatic heterocycles. The fraction of sp³-hybridized carbons (Fsp3) is 0.348. The van der Waals surface area contributed by atoms with Crippen molar-refractivity contribution in [1.29, 1.82) is 0 Å². The van der Waals surface area contributed by atoms with E-state index in [4.69, 9.17) is 11.6 Å². The van der Waals surface area contributed by atoms with Gasteiger partial charge in [-0.2, -0.15) is 0 Å². The van der Waals surface area contributed by atoms with E-state index in [1.165, 1.54) is 17.3 Å². The van der Waals surface area contributed by atoms with Gasteiger partial charge in [0.2, 0.25) is 5.91 Å². The van der Waals surface area contributed by atoms with Gasteiger partial charge in [-0.25, -0.2) is 4.98 Å². The molecule has 0 spiro atoms. The number of hydrogen-bond acceptors (Lipinski definition) is 4. The quantitative estimate of drug-likeness (QED) is 0.385. The zero-order chi connectivity index (χ0) is 21.5. The first-order valence-corrected chi connectivity index (χ1v) is 11.5. The molecule has 1 heterocycles. The number of carbonyl (C=O) groups is 1. The van der Waals surface area contributed by atoms with Crippen LogP contribution >= 0.6 is 23.4 Å². The Kier molecular flexibility index (Phi) is 7.94. The topological polar surface area (TPSA) is 64.0 Å². The van der Waals surface area contributed by atoms with Crippen molar-refractivity contribution in [3.63, 3.8) is 0 Å². The molecule has 7 heteroatoms. The molecule has 3 rings (SSSR count). The van der Waals surface area contributed by atoms with Crippen LogP contribution in [0.4, 0.5) is 0 Å². The number of fused-ring (bicyclic) bond motifs is 1. The van der Waals surface area contributed by atoms with Crippen LogP contribution in [0.15, 0.2) is 58.5 Å². The molecule has 1 atom stereocenters. The van der Waals surface area contributed by atoms with Gasteiger partial charge in [0.15, 0.2) is 5.16 Å². The Balaban J connectivity index is 1.64. The molecular formula is C23H26ClN3O2S. The second-order valence-corrected chi connectivity index (χ2v) is 8.67. The van der Waals surface area contributed by atoms with Gasteiger partial charge in [-0.05, 0) is 49.9 Å². The zero-order valence-electron chi connectivity index (χ0n) is 17.2. The lowest BCUT2D eigenvalue weighted by Crippen LogP contribution is -2.34. The molecule has 1 N–H and O–H groups in total. The van der Waals surface area contributed by atoms with Crippen molar-refractivity contribution >= 4 is 40.2 Å². The third kappa shape index (κ3) is 5.86. The lowest BCUT2D eigenvalue weighted by atomic mass is 10.1. The van der Waals surface area contributed by atoms with E-state index >= 15 is 0 Å². The molecule has 1 amide bonds. The molecule has 2 aromatic carbocycles. The summed E-state index contributed by atoms with van der Waals surface area (Å²) < 4.78 is 1.65. The van der Waals surface area contributed by atoms with Crippen LogP contribution in [-0.4, -0.2) is 27.3 Å². The van der Waals surface area contributed by atoms with E-state index < -0.39 is 0 Å². The van der Waals surface area contributed by atoms with Gasteiger partial charge in [-0.15, -0.1) is 0 Å². The highest BCUT2D eigenvalue weighted by atomic mass is 35.5. The first kappa shape index (κ1) is 22.4.